The third-order valence-corrected chi connectivity index (χ3v) is 3.45. The summed E-state index contributed by atoms with van der Waals surface area (Å²) in [5.74, 6) is 0.734. The third kappa shape index (κ3) is 3.78. The standard InChI is InChI=1S/C17H17FN2O3/c1-20(9-12-6-7-15-16(8-12)23-11-22-15)10-17(21)19-14-5-3-2-4-13(14)18/h2-8H,9-11H2,1H3,(H,19,21). The van der Waals surface area contributed by atoms with Gasteiger partial charge in [0.2, 0.25) is 12.7 Å². The zero-order valence-electron chi connectivity index (χ0n) is 12.7. The highest BCUT2D eigenvalue weighted by Gasteiger charge is 2.15. The lowest BCUT2D eigenvalue weighted by Crippen LogP contribution is -2.30. The SMILES string of the molecule is CN(CC(=O)Nc1ccccc1F)Cc1ccc2c(c1)OCO2. The Morgan fingerprint density at radius 2 is 2.00 bits per heavy atom. The fourth-order valence-corrected chi connectivity index (χ4v) is 2.40. The number of halogens is 1. The van der Waals surface area contributed by atoms with Crippen LogP contribution in [0, 0.1) is 5.82 Å². The minimum Gasteiger partial charge on any atom is -0.454 e. The number of fused-ring (bicyclic) bond motifs is 1. The Bertz CT molecular complexity index is 721. The number of amides is 1. The Hall–Kier alpha value is -2.60. The van der Waals surface area contributed by atoms with Crippen molar-refractivity contribution in [1.82, 2.24) is 4.90 Å². The highest BCUT2D eigenvalue weighted by molar-refractivity contribution is 5.92. The molecule has 0 unspecified atom stereocenters. The van der Waals surface area contributed by atoms with Gasteiger partial charge in [-0.3, -0.25) is 9.69 Å². The molecule has 1 heterocycles. The molecule has 1 aliphatic heterocycles. The van der Waals surface area contributed by atoms with Gasteiger partial charge in [0.15, 0.2) is 11.5 Å². The molecule has 23 heavy (non-hydrogen) atoms. The Kier molecular flexibility index (Phi) is 4.43. The van der Waals surface area contributed by atoms with Crippen LogP contribution in [0.3, 0.4) is 0 Å². The summed E-state index contributed by atoms with van der Waals surface area (Å²) in [4.78, 5) is 13.8. The first-order valence-electron chi connectivity index (χ1n) is 7.23. The van der Waals surface area contributed by atoms with Crippen LogP contribution < -0.4 is 14.8 Å². The van der Waals surface area contributed by atoms with Gasteiger partial charge in [0, 0.05) is 6.54 Å². The normalized spacial score (nSPS) is 12.5. The number of para-hydroxylation sites is 1. The topological polar surface area (TPSA) is 50.8 Å². The smallest absolute Gasteiger partial charge is 0.238 e. The van der Waals surface area contributed by atoms with Gasteiger partial charge in [0.1, 0.15) is 5.82 Å². The number of anilines is 1. The lowest BCUT2D eigenvalue weighted by Gasteiger charge is -2.16. The molecule has 0 bridgehead atoms. The van der Waals surface area contributed by atoms with Crippen LogP contribution >= 0.6 is 0 Å². The average molecular weight is 316 g/mol. The second kappa shape index (κ2) is 6.66. The van der Waals surface area contributed by atoms with Crippen molar-refractivity contribution < 1.29 is 18.7 Å². The second-order valence-electron chi connectivity index (χ2n) is 5.39. The predicted molar refractivity (Wildman–Crippen MR) is 83.9 cm³/mol. The molecule has 0 fully saturated rings. The number of benzene rings is 2. The van der Waals surface area contributed by atoms with Gasteiger partial charge in [0.05, 0.1) is 12.2 Å². The zero-order valence-corrected chi connectivity index (χ0v) is 12.7. The summed E-state index contributed by atoms with van der Waals surface area (Å²) >= 11 is 0. The van der Waals surface area contributed by atoms with E-state index < -0.39 is 5.82 Å². The Morgan fingerprint density at radius 3 is 2.83 bits per heavy atom. The third-order valence-electron chi connectivity index (χ3n) is 3.45. The number of nitrogens with one attached hydrogen (secondary N) is 1. The highest BCUT2D eigenvalue weighted by atomic mass is 19.1. The van der Waals surface area contributed by atoms with Crippen molar-refractivity contribution in [1.29, 1.82) is 0 Å². The Balaban J connectivity index is 1.55. The molecule has 3 rings (SSSR count). The van der Waals surface area contributed by atoms with Gasteiger partial charge in [-0.15, -0.1) is 0 Å². The van der Waals surface area contributed by atoms with Crippen LogP contribution in [0.5, 0.6) is 11.5 Å². The molecule has 0 atom stereocenters. The molecule has 0 aromatic heterocycles. The summed E-state index contributed by atoms with van der Waals surface area (Å²) in [5, 5.41) is 2.57. The van der Waals surface area contributed by atoms with Gasteiger partial charge in [-0.25, -0.2) is 4.39 Å². The molecule has 6 heteroatoms. The van der Waals surface area contributed by atoms with E-state index in [9.17, 15) is 9.18 Å². The summed E-state index contributed by atoms with van der Waals surface area (Å²) < 4.78 is 24.1. The monoisotopic (exact) mass is 316 g/mol. The van der Waals surface area contributed by atoms with Gasteiger partial charge < -0.3 is 14.8 Å². The van der Waals surface area contributed by atoms with E-state index in [0.717, 1.165) is 11.3 Å². The number of hydrogen-bond acceptors (Lipinski definition) is 4. The van der Waals surface area contributed by atoms with E-state index in [1.54, 1.807) is 12.1 Å². The quantitative estimate of drug-likeness (QED) is 0.921. The maximum Gasteiger partial charge on any atom is 0.238 e. The van der Waals surface area contributed by atoms with E-state index in [1.807, 2.05) is 30.1 Å². The number of ether oxygens (including phenoxy) is 2. The van der Waals surface area contributed by atoms with Crippen LogP contribution in [0.25, 0.3) is 0 Å². The largest absolute Gasteiger partial charge is 0.454 e. The summed E-state index contributed by atoms with van der Waals surface area (Å²) in [7, 11) is 1.82. The molecule has 0 radical (unpaired) electrons. The van der Waals surface area contributed by atoms with Gasteiger partial charge in [-0.2, -0.15) is 0 Å². The summed E-state index contributed by atoms with van der Waals surface area (Å²) in [6.07, 6.45) is 0. The van der Waals surface area contributed by atoms with Crippen LogP contribution in [0.1, 0.15) is 5.56 Å². The molecule has 0 saturated carbocycles. The van der Waals surface area contributed by atoms with E-state index in [0.29, 0.717) is 12.3 Å². The Morgan fingerprint density at radius 1 is 1.22 bits per heavy atom. The lowest BCUT2D eigenvalue weighted by atomic mass is 10.2. The second-order valence-corrected chi connectivity index (χ2v) is 5.39. The van der Waals surface area contributed by atoms with Crippen molar-refractivity contribution in [3.05, 3.63) is 53.8 Å². The first kappa shape index (κ1) is 15.3. The Labute approximate surface area is 133 Å². The summed E-state index contributed by atoms with van der Waals surface area (Å²) in [6.45, 7) is 0.962. The highest BCUT2D eigenvalue weighted by Crippen LogP contribution is 2.32. The van der Waals surface area contributed by atoms with Crippen molar-refractivity contribution in [3.63, 3.8) is 0 Å². The van der Waals surface area contributed by atoms with Crippen LogP contribution in [0.15, 0.2) is 42.5 Å². The maximum atomic E-state index is 13.5. The van der Waals surface area contributed by atoms with E-state index in [4.69, 9.17) is 9.47 Å². The summed E-state index contributed by atoms with van der Waals surface area (Å²) in [6, 6.07) is 11.8. The van der Waals surface area contributed by atoms with E-state index in [1.165, 1.54) is 12.1 Å². The van der Waals surface area contributed by atoms with E-state index >= 15 is 0 Å². The predicted octanol–water partition coefficient (Wildman–Crippen LogP) is 2.62. The van der Waals surface area contributed by atoms with Crippen molar-refractivity contribution in [2.45, 2.75) is 6.54 Å². The van der Waals surface area contributed by atoms with Crippen LogP contribution in [-0.4, -0.2) is 31.2 Å². The molecule has 0 aliphatic carbocycles. The van der Waals surface area contributed by atoms with Crippen LogP contribution in [0.2, 0.25) is 0 Å². The lowest BCUT2D eigenvalue weighted by molar-refractivity contribution is -0.117. The van der Waals surface area contributed by atoms with Gasteiger partial charge in [-0.05, 0) is 36.9 Å². The molecule has 120 valence electrons. The molecule has 1 aliphatic rings. The maximum absolute atomic E-state index is 13.5. The van der Waals surface area contributed by atoms with Crippen LogP contribution in [-0.2, 0) is 11.3 Å². The van der Waals surface area contributed by atoms with E-state index in [2.05, 4.69) is 5.32 Å². The minimum absolute atomic E-state index is 0.156. The number of hydrogen-bond donors (Lipinski definition) is 1. The first-order chi connectivity index (χ1) is 11.1. The average Bonchev–Trinajstić information content (AvgIpc) is 2.97. The van der Waals surface area contributed by atoms with Crippen molar-refractivity contribution in [2.75, 3.05) is 25.7 Å². The van der Waals surface area contributed by atoms with Crippen molar-refractivity contribution in [3.8, 4) is 11.5 Å². The molecule has 1 amide bonds. The molecule has 2 aromatic rings. The fourth-order valence-electron chi connectivity index (χ4n) is 2.40. The molecule has 5 nitrogen and oxygen atoms in total. The van der Waals surface area contributed by atoms with Gasteiger partial charge in [-0.1, -0.05) is 18.2 Å². The van der Waals surface area contributed by atoms with Crippen molar-refractivity contribution >= 4 is 11.6 Å². The van der Waals surface area contributed by atoms with Crippen LogP contribution in [0.4, 0.5) is 10.1 Å². The minimum atomic E-state index is -0.445. The molecular formula is C17H17FN2O3. The molecule has 2 aromatic carbocycles. The number of likely N-dealkylation sites (N-methyl/N-ethyl adjacent to an activating group) is 1. The molecular weight excluding hydrogens is 299 g/mol. The number of carbonyl (C=O) groups excluding carboxylic acids is 1. The zero-order chi connectivity index (χ0) is 16.2. The number of nitrogens with zero attached hydrogens (tertiary/aromatic N) is 1. The first-order valence-corrected chi connectivity index (χ1v) is 7.23. The van der Waals surface area contributed by atoms with E-state index in [-0.39, 0.29) is 24.9 Å². The molecule has 1 N–H and O–H groups in total. The number of rotatable bonds is 5. The van der Waals surface area contributed by atoms with Gasteiger partial charge in [0.25, 0.3) is 0 Å². The van der Waals surface area contributed by atoms with Gasteiger partial charge >= 0.3 is 0 Å². The fraction of sp³-hybridized carbons (Fsp3) is 0.235. The summed E-state index contributed by atoms with van der Waals surface area (Å²) in [5.41, 5.74) is 1.20. The molecule has 0 saturated heterocycles. The molecule has 0 spiro atoms. The number of carbonyl (C=O) groups is 1. The van der Waals surface area contributed by atoms with Crippen molar-refractivity contribution in [2.24, 2.45) is 0 Å².